The van der Waals surface area contributed by atoms with Crippen LogP contribution in [-0.4, -0.2) is 25.6 Å². The number of carbonyl (C=O) groups excluding carboxylic acids is 1. The molecule has 20 heavy (non-hydrogen) atoms. The zero-order valence-electron chi connectivity index (χ0n) is 11.9. The van der Waals surface area contributed by atoms with E-state index in [9.17, 15) is 4.79 Å². The summed E-state index contributed by atoms with van der Waals surface area (Å²) in [5.74, 6) is 1.13. The lowest BCUT2D eigenvalue weighted by Crippen LogP contribution is -2.28. The maximum Gasteiger partial charge on any atom is 0.162 e. The van der Waals surface area contributed by atoms with E-state index < -0.39 is 0 Å². The molecular formula is C16H20O4. The minimum absolute atomic E-state index is 0.0802. The lowest BCUT2D eigenvalue weighted by molar-refractivity contribution is -0.119. The third-order valence-corrected chi connectivity index (χ3v) is 3.35. The average molecular weight is 276 g/mol. The first-order valence-corrected chi connectivity index (χ1v) is 6.74. The second-order valence-electron chi connectivity index (χ2n) is 4.99. The number of hydrogen-bond donors (Lipinski definition) is 0. The number of benzene rings is 1. The van der Waals surface area contributed by atoms with Crippen LogP contribution in [0.1, 0.15) is 18.9 Å². The van der Waals surface area contributed by atoms with Crippen LogP contribution < -0.4 is 4.74 Å². The number of ether oxygens (including phenoxy) is 3. The highest BCUT2D eigenvalue weighted by Gasteiger charge is 2.23. The van der Waals surface area contributed by atoms with Crippen LogP contribution in [0, 0.1) is 5.92 Å². The van der Waals surface area contributed by atoms with Gasteiger partial charge in [0, 0.05) is 18.4 Å². The van der Waals surface area contributed by atoms with Crippen molar-refractivity contribution in [3.8, 4) is 5.75 Å². The number of carbonyl (C=O) groups is 1. The Morgan fingerprint density at radius 1 is 1.35 bits per heavy atom. The van der Waals surface area contributed by atoms with Gasteiger partial charge >= 0.3 is 0 Å². The van der Waals surface area contributed by atoms with Gasteiger partial charge in [-0.2, -0.15) is 0 Å². The third kappa shape index (κ3) is 4.10. The Bertz CT molecular complexity index is 464. The maximum absolute atomic E-state index is 11.3. The molecule has 0 bridgehead atoms. The molecule has 0 aliphatic carbocycles. The van der Waals surface area contributed by atoms with Crippen LogP contribution in [0.5, 0.6) is 5.75 Å². The number of ketones is 1. The average Bonchev–Trinajstić information content (AvgIpc) is 2.48. The summed E-state index contributed by atoms with van der Waals surface area (Å²) < 4.78 is 16.2. The maximum atomic E-state index is 11.3. The minimum Gasteiger partial charge on any atom is -0.497 e. The van der Waals surface area contributed by atoms with E-state index in [0.29, 0.717) is 19.6 Å². The molecule has 4 nitrogen and oxygen atoms in total. The SMILES string of the molecule is COc1ccc(COC[C@@H](C)[C@H]2CC(=O)C=CO2)cc1. The highest BCUT2D eigenvalue weighted by Crippen LogP contribution is 2.18. The van der Waals surface area contributed by atoms with Crippen LogP contribution in [0.25, 0.3) is 0 Å². The monoisotopic (exact) mass is 276 g/mol. The zero-order valence-corrected chi connectivity index (χ0v) is 11.9. The van der Waals surface area contributed by atoms with Gasteiger partial charge in [-0.3, -0.25) is 4.79 Å². The van der Waals surface area contributed by atoms with E-state index in [4.69, 9.17) is 14.2 Å². The summed E-state index contributed by atoms with van der Waals surface area (Å²) in [6.45, 7) is 3.15. The zero-order chi connectivity index (χ0) is 14.4. The molecule has 4 heteroatoms. The van der Waals surface area contributed by atoms with Crippen molar-refractivity contribution >= 4 is 5.78 Å². The third-order valence-electron chi connectivity index (χ3n) is 3.35. The highest BCUT2D eigenvalue weighted by molar-refractivity contribution is 5.90. The van der Waals surface area contributed by atoms with Crippen LogP contribution in [0.4, 0.5) is 0 Å². The van der Waals surface area contributed by atoms with E-state index in [1.165, 1.54) is 12.3 Å². The molecule has 0 N–H and O–H groups in total. The Hall–Kier alpha value is -1.81. The molecule has 0 saturated heterocycles. The van der Waals surface area contributed by atoms with Gasteiger partial charge in [-0.25, -0.2) is 0 Å². The van der Waals surface area contributed by atoms with E-state index in [2.05, 4.69) is 0 Å². The van der Waals surface area contributed by atoms with Crippen LogP contribution >= 0.6 is 0 Å². The van der Waals surface area contributed by atoms with E-state index >= 15 is 0 Å². The lowest BCUT2D eigenvalue weighted by Gasteiger charge is -2.24. The van der Waals surface area contributed by atoms with Crippen molar-refractivity contribution in [2.45, 2.75) is 26.1 Å². The quantitative estimate of drug-likeness (QED) is 0.801. The van der Waals surface area contributed by atoms with Crippen molar-refractivity contribution in [1.29, 1.82) is 0 Å². The smallest absolute Gasteiger partial charge is 0.162 e. The van der Waals surface area contributed by atoms with Crippen molar-refractivity contribution < 1.29 is 19.0 Å². The fraction of sp³-hybridized carbons (Fsp3) is 0.438. The predicted molar refractivity (Wildman–Crippen MR) is 75.5 cm³/mol. The first-order valence-electron chi connectivity index (χ1n) is 6.74. The molecule has 0 spiro atoms. The minimum atomic E-state index is -0.0802. The summed E-state index contributed by atoms with van der Waals surface area (Å²) in [5, 5.41) is 0. The summed E-state index contributed by atoms with van der Waals surface area (Å²) in [5.41, 5.74) is 1.10. The molecule has 0 amide bonds. The summed E-state index contributed by atoms with van der Waals surface area (Å²) >= 11 is 0. The van der Waals surface area contributed by atoms with Gasteiger partial charge in [0.25, 0.3) is 0 Å². The Balaban J connectivity index is 1.74. The second-order valence-corrected chi connectivity index (χ2v) is 4.99. The molecule has 1 aliphatic heterocycles. The van der Waals surface area contributed by atoms with Crippen molar-refractivity contribution in [2.24, 2.45) is 5.92 Å². The molecule has 2 atom stereocenters. The summed E-state index contributed by atoms with van der Waals surface area (Å²) in [6, 6.07) is 7.78. The van der Waals surface area contributed by atoms with E-state index in [1.807, 2.05) is 31.2 Å². The van der Waals surface area contributed by atoms with Crippen LogP contribution in [-0.2, 0) is 20.9 Å². The fourth-order valence-electron chi connectivity index (χ4n) is 2.06. The molecule has 108 valence electrons. The van der Waals surface area contributed by atoms with E-state index in [1.54, 1.807) is 7.11 Å². The Morgan fingerprint density at radius 3 is 2.75 bits per heavy atom. The van der Waals surface area contributed by atoms with Gasteiger partial charge in [0.15, 0.2) is 5.78 Å². The molecule has 1 heterocycles. The molecule has 1 aromatic carbocycles. The molecule has 0 unspecified atom stereocenters. The van der Waals surface area contributed by atoms with Gasteiger partial charge in [-0.1, -0.05) is 19.1 Å². The summed E-state index contributed by atoms with van der Waals surface area (Å²) in [4.78, 5) is 11.3. The van der Waals surface area contributed by atoms with Gasteiger partial charge in [-0.05, 0) is 17.7 Å². The highest BCUT2D eigenvalue weighted by atomic mass is 16.5. The number of methoxy groups -OCH3 is 1. The van der Waals surface area contributed by atoms with Gasteiger partial charge in [-0.15, -0.1) is 0 Å². The van der Waals surface area contributed by atoms with Crippen molar-refractivity contribution in [3.05, 3.63) is 42.2 Å². The van der Waals surface area contributed by atoms with Crippen LogP contribution in [0.3, 0.4) is 0 Å². The first kappa shape index (κ1) is 14.6. The van der Waals surface area contributed by atoms with Gasteiger partial charge in [0.2, 0.25) is 0 Å². The lowest BCUT2D eigenvalue weighted by atomic mass is 9.99. The van der Waals surface area contributed by atoms with Crippen LogP contribution in [0.2, 0.25) is 0 Å². The normalized spacial score (nSPS) is 19.5. The molecule has 0 saturated carbocycles. The fourth-order valence-corrected chi connectivity index (χ4v) is 2.06. The molecular weight excluding hydrogens is 256 g/mol. The van der Waals surface area contributed by atoms with E-state index in [0.717, 1.165) is 11.3 Å². The summed E-state index contributed by atoms with van der Waals surface area (Å²) in [7, 11) is 1.65. The molecule has 1 aliphatic rings. The van der Waals surface area contributed by atoms with Gasteiger partial charge < -0.3 is 14.2 Å². The van der Waals surface area contributed by atoms with Crippen molar-refractivity contribution in [1.82, 2.24) is 0 Å². The van der Waals surface area contributed by atoms with E-state index in [-0.39, 0.29) is 17.8 Å². The molecule has 0 fully saturated rings. The predicted octanol–water partition coefficient (Wildman–Crippen LogP) is 2.72. The van der Waals surface area contributed by atoms with Crippen molar-refractivity contribution in [2.75, 3.05) is 13.7 Å². The number of hydrogen-bond acceptors (Lipinski definition) is 4. The topological polar surface area (TPSA) is 44.8 Å². The Kier molecular flexibility index (Phi) is 5.18. The van der Waals surface area contributed by atoms with Gasteiger partial charge in [0.05, 0.1) is 26.6 Å². The molecule has 0 aromatic heterocycles. The van der Waals surface area contributed by atoms with Gasteiger partial charge in [0.1, 0.15) is 11.9 Å². The van der Waals surface area contributed by atoms with Crippen LogP contribution in [0.15, 0.2) is 36.6 Å². The Labute approximate surface area is 119 Å². The molecule has 2 rings (SSSR count). The standard InChI is InChI=1S/C16H20O4/c1-12(16-9-14(17)7-8-20-16)10-19-11-13-3-5-15(18-2)6-4-13/h3-8,12,16H,9-11H2,1-2H3/t12-,16-/m1/s1. The number of rotatable bonds is 6. The molecule has 0 radical (unpaired) electrons. The van der Waals surface area contributed by atoms with Crippen molar-refractivity contribution in [3.63, 3.8) is 0 Å². The Morgan fingerprint density at radius 2 is 2.10 bits per heavy atom. The largest absolute Gasteiger partial charge is 0.497 e. The molecule has 1 aromatic rings. The first-order chi connectivity index (χ1) is 9.69. The second kappa shape index (κ2) is 7.10. The summed E-state index contributed by atoms with van der Waals surface area (Å²) in [6.07, 6.45) is 3.31. The number of allylic oxidation sites excluding steroid dienone is 1.